The predicted molar refractivity (Wildman–Crippen MR) is 81.9 cm³/mol. The van der Waals surface area contributed by atoms with Crippen molar-refractivity contribution in [1.82, 2.24) is 15.4 Å². The summed E-state index contributed by atoms with van der Waals surface area (Å²) in [6, 6.07) is 13.4. The van der Waals surface area contributed by atoms with Crippen LogP contribution in [0.1, 0.15) is 10.5 Å². The number of rotatable bonds is 3. The van der Waals surface area contributed by atoms with E-state index in [0.29, 0.717) is 5.69 Å². The number of nitrogens with zero attached hydrogens (tertiary/aromatic N) is 2. The average Bonchev–Trinajstić information content (AvgIpc) is 3.23. The van der Waals surface area contributed by atoms with Crippen LogP contribution in [0.15, 0.2) is 42.5 Å². The maximum absolute atomic E-state index is 11.3. The van der Waals surface area contributed by atoms with Crippen molar-refractivity contribution < 1.29 is 14.3 Å². The molecule has 0 bridgehead atoms. The van der Waals surface area contributed by atoms with Gasteiger partial charge in [-0.15, -0.1) is 0 Å². The lowest BCUT2D eigenvalue weighted by atomic mass is 10.0. The average molecular weight is 308 g/mol. The van der Waals surface area contributed by atoms with E-state index in [-0.39, 0.29) is 12.5 Å². The van der Waals surface area contributed by atoms with Crippen molar-refractivity contribution in [3.05, 3.63) is 48.2 Å². The molecule has 0 aliphatic carbocycles. The van der Waals surface area contributed by atoms with E-state index in [1.165, 1.54) is 0 Å². The van der Waals surface area contributed by atoms with E-state index in [1.54, 1.807) is 0 Å². The molecule has 7 heteroatoms. The number of primary amides is 1. The normalized spacial score (nSPS) is 12.3. The van der Waals surface area contributed by atoms with Crippen LogP contribution < -0.4 is 15.2 Å². The Morgan fingerprint density at radius 3 is 2.43 bits per heavy atom. The van der Waals surface area contributed by atoms with Gasteiger partial charge in [0.15, 0.2) is 17.2 Å². The fraction of sp³-hybridized carbons (Fsp3) is 0.0625. The quantitative estimate of drug-likeness (QED) is 0.770. The van der Waals surface area contributed by atoms with Crippen molar-refractivity contribution in [1.29, 1.82) is 0 Å². The third-order valence-electron chi connectivity index (χ3n) is 3.65. The molecule has 0 fully saturated rings. The van der Waals surface area contributed by atoms with Gasteiger partial charge in [0, 0.05) is 5.56 Å². The lowest BCUT2D eigenvalue weighted by Gasteiger charge is -2.05. The molecular weight excluding hydrogens is 296 g/mol. The number of hydrogen-bond acceptors (Lipinski definition) is 5. The van der Waals surface area contributed by atoms with Crippen molar-refractivity contribution in [3.63, 3.8) is 0 Å². The summed E-state index contributed by atoms with van der Waals surface area (Å²) in [5.41, 5.74) is 8.63. The summed E-state index contributed by atoms with van der Waals surface area (Å²) in [5, 5.41) is 10.2. The zero-order valence-corrected chi connectivity index (χ0v) is 11.9. The smallest absolute Gasteiger partial charge is 0.271 e. The molecule has 1 aliphatic heterocycles. The third-order valence-corrected chi connectivity index (χ3v) is 3.65. The molecule has 0 spiro atoms. The molecule has 1 aliphatic rings. The van der Waals surface area contributed by atoms with Crippen LogP contribution in [0.3, 0.4) is 0 Å². The van der Waals surface area contributed by atoms with Crippen LogP contribution >= 0.6 is 0 Å². The standard InChI is InChI=1S/C16H12N4O3/c17-16(21)15-14(18-20-19-15)10-3-1-9(2-4-10)11-5-6-12-13(7-11)23-8-22-12/h1-7H,8H2,(H2,17,21)(H,18,19,20). The minimum atomic E-state index is -0.617. The van der Waals surface area contributed by atoms with E-state index in [4.69, 9.17) is 15.2 Å². The van der Waals surface area contributed by atoms with Gasteiger partial charge in [0.1, 0.15) is 5.69 Å². The monoisotopic (exact) mass is 308 g/mol. The molecule has 3 aromatic rings. The largest absolute Gasteiger partial charge is 0.454 e. The Morgan fingerprint density at radius 2 is 1.65 bits per heavy atom. The Labute approximate surface area is 131 Å². The Morgan fingerprint density at radius 1 is 0.957 bits per heavy atom. The van der Waals surface area contributed by atoms with Crippen LogP contribution in [0.4, 0.5) is 0 Å². The number of ether oxygens (including phenoxy) is 2. The van der Waals surface area contributed by atoms with Gasteiger partial charge in [0.05, 0.1) is 0 Å². The van der Waals surface area contributed by atoms with Gasteiger partial charge in [0.25, 0.3) is 5.91 Å². The van der Waals surface area contributed by atoms with Gasteiger partial charge in [-0.3, -0.25) is 4.79 Å². The molecule has 0 saturated carbocycles. The van der Waals surface area contributed by atoms with Crippen LogP contribution in [-0.2, 0) is 0 Å². The minimum Gasteiger partial charge on any atom is -0.454 e. The summed E-state index contributed by atoms with van der Waals surface area (Å²) in [6.07, 6.45) is 0. The van der Waals surface area contributed by atoms with Crippen LogP contribution in [0.25, 0.3) is 22.4 Å². The Kier molecular flexibility index (Phi) is 2.97. The first-order chi connectivity index (χ1) is 11.2. The number of H-pyrrole nitrogens is 1. The third kappa shape index (κ3) is 2.28. The van der Waals surface area contributed by atoms with Gasteiger partial charge in [-0.25, -0.2) is 0 Å². The number of aromatic nitrogens is 3. The molecule has 114 valence electrons. The number of fused-ring (bicyclic) bond motifs is 1. The van der Waals surface area contributed by atoms with Gasteiger partial charge in [-0.05, 0) is 23.3 Å². The lowest BCUT2D eigenvalue weighted by Crippen LogP contribution is -2.12. The van der Waals surface area contributed by atoms with Crippen molar-refractivity contribution in [2.75, 3.05) is 6.79 Å². The summed E-state index contributed by atoms with van der Waals surface area (Å²) in [4.78, 5) is 11.3. The molecule has 2 aromatic carbocycles. The van der Waals surface area contributed by atoms with Gasteiger partial charge < -0.3 is 15.2 Å². The second-order valence-electron chi connectivity index (χ2n) is 5.03. The highest BCUT2D eigenvalue weighted by Crippen LogP contribution is 2.36. The number of benzene rings is 2. The lowest BCUT2D eigenvalue weighted by molar-refractivity contribution is 0.0996. The minimum absolute atomic E-state index is 0.126. The van der Waals surface area contributed by atoms with E-state index in [0.717, 1.165) is 28.2 Å². The molecular formula is C16H12N4O3. The molecule has 2 heterocycles. The second kappa shape index (κ2) is 5.13. The zero-order chi connectivity index (χ0) is 15.8. The number of amides is 1. The highest BCUT2D eigenvalue weighted by molar-refractivity contribution is 5.96. The molecule has 3 N–H and O–H groups in total. The number of nitrogens with one attached hydrogen (secondary N) is 1. The maximum atomic E-state index is 11.3. The van der Waals surface area contributed by atoms with E-state index < -0.39 is 5.91 Å². The molecule has 0 saturated heterocycles. The fourth-order valence-electron chi connectivity index (χ4n) is 2.50. The van der Waals surface area contributed by atoms with Gasteiger partial charge in [-0.2, -0.15) is 15.4 Å². The number of nitrogens with two attached hydrogens (primary N) is 1. The van der Waals surface area contributed by atoms with Crippen molar-refractivity contribution in [2.24, 2.45) is 5.73 Å². The fourth-order valence-corrected chi connectivity index (χ4v) is 2.50. The number of aromatic amines is 1. The summed E-state index contributed by atoms with van der Waals surface area (Å²) in [7, 11) is 0. The Balaban J connectivity index is 1.68. The number of hydrogen-bond donors (Lipinski definition) is 2. The summed E-state index contributed by atoms with van der Waals surface area (Å²) in [6.45, 7) is 0.250. The van der Waals surface area contributed by atoms with E-state index in [2.05, 4.69) is 15.4 Å². The molecule has 4 rings (SSSR count). The molecule has 23 heavy (non-hydrogen) atoms. The van der Waals surface area contributed by atoms with Crippen molar-refractivity contribution in [3.8, 4) is 33.9 Å². The van der Waals surface area contributed by atoms with Crippen molar-refractivity contribution >= 4 is 5.91 Å². The molecule has 7 nitrogen and oxygen atoms in total. The van der Waals surface area contributed by atoms with E-state index in [1.807, 2.05) is 42.5 Å². The molecule has 0 radical (unpaired) electrons. The van der Waals surface area contributed by atoms with E-state index in [9.17, 15) is 4.79 Å². The zero-order valence-electron chi connectivity index (χ0n) is 11.9. The molecule has 0 atom stereocenters. The van der Waals surface area contributed by atoms with Gasteiger partial charge in [0.2, 0.25) is 6.79 Å². The topological polar surface area (TPSA) is 103 Å². The van der Waals surface area contributed by atoms with Crippen LogP contribution in [0, 0.1) is 0 Å². The summed E-state index contributed by atoms with van der Waals surface area (Å²) < 4.78 is 10.7. The molecule has 0 unspecified atom stereocenters. The number of carbonyl (C=O) groups is 1. The second-order valence-corrected chi connectivity index (χ2v) is 5.03. The first kappa shape index (κ1) is 13.3. The Bertz CT molecular complexity index is 887. The van der Waals surface area contributed by atoms with E-state index >= 15 is 0 Å². The van der Waals surface area contributed by atoms with Crippen molar-refractivity contribution in [2.45, 2.75) is 0 Å². The number of carbonyl (C=O) groups excluding carboxylic acids is 1. The highest BCUT2D eigenvalue weighted by Gasteiger charge is 2.16. The van der Waals surface area contributed by atoms with Gasteiger partial charge in [-0.1, -0.05) is 30.3 Å². The Hall–Kier alpha value is -3.35. The van der Waals surface area contributed by atoms with Gasteiger partial charge >= 0.3 is 0 Å². The van der Waals surface area contributed by atoms with Crippen LogP contribution in [0.2, 0.25) is 0 Å². The molecule has 1 aromatic heterocycles. The summed E-state index contributed by atoms with van der Waals surface area (Å²) in [5.74, 6) is 0.867. The first-order valence-electron chi connectivity index (χ1n) is 6.93. The highest BCUT2D eigenvalue weighted by atomic mass is 16.7. The molecule has 1 amide bonds. The summed E-state index contributed by atoms with van der Waals surface area (Å²) >= 11 is 0. The van der Waals surface area contributed by atoms with Crippen LogP contribution in [0.5, 0.6) is 11.5 Å². The van der Waals surface area contributed by atoms with Crippen LogP contribution in [-0.4, -0.2) is 28.1 Å². The maximum Gasteiger partial charge on any atom is 0.271 e. The predicted octanol–water partition coefficient (Wildman–Crippen LogP) is 1.97. The SMILES string of the molecule is NC(=O)c1n[nH]nc1-c1ccc(-c2ccc3c(c2)OCO3)cc1. The first-order valence-corrected chi connectivity index (χ1v) is 6.93.